The van der Waals surface area contributed by atoms with Gasteiger partial charge in [-0.2, -0.15) is 0 Å². The summed E-state index contributed by atoms with van der Waals surface area (Å²) in [4.78, 5) is 20.7. The summed E-state index contributed by atoms with van der Waals surface area (Å²) in [6, 6.07) is 6.72. The Balaban J connectivity index is 2.30. The van der Waals surface area contributed by atoms with Gasteiger partial charge in [-0.15, -0.1) is 0 Å². The monoisotopic (exact) mass is 252 g/mol. The molecule has 5 heteroatoms. The summed E-state index contributed by atoms with van der Waals surface area (Å²) in [5.74, 6) is 0.310. The highest BCUT2D eigenvalue weighted by Crippen LogP contribution is 2.15. The van der Waals surface area contributed by atoms with Crippen LogP contribution in [0.15, 0.2) is 29.3 Å². The Morgan fingerprint density at radius 3 is 2.59 bits per heavy atom. The van der Waals surface area contributed by atoms with Crippen LogP contribution in [0.5, 0.6) is 0 Å². The van der Waals surface area contributed by atoms with Gasteiger partial charge < -0.3 is 4.84 Å². The lowest BCUT2D eigenvalue weighted by atomic mass is 10.0. The molecule has 1 atom stereocenters. The minimum absolute atomic E-state index is 0.104. The Kier molecular flexibility index (Phi) is 3.33. The summed E-state index contributed by atoms with van der Waals surface area (Å²) in [7, 11) is 0. The lowest BCUT2D eigenvalue weighted by Crippen LogP contribution is -2.41. The van der Waals surface area contributed by atoms with Crippen molar-refractivity contribution in [2.24, 2.45) is 10.9 Å². The van der Waals surface area contributed by atoms with Crippen molar-refractivity contribution < 1.29 is 9.63 Å². The highest BCUT2D eigenvalue weighted by Gasteiger charge is 2.28. The number of rotatable bonds is 2. The number of nitrogens with zero attached hydrogens (tertiary/aromatic N) is 1. The fourth-order valence-electron chi connectivity index (χ4n) is 1.54. The molecule has 0 fully saturated rings. The van der Waals surface area contributed by atoms with Gasteiger partial charge in [0.05, 0.1) is 0 Å². The SMILES string of the molecule is CC(C)C1N=C(c2ccc(Cl)cc2)NOC1=O. The molecular weight excluding hydrogens is 240 g/mol. The van der Waals surface area contributed by atoms with Crippen molar-refractivity contribution in [2.45, 2.75) is 19.9 Å². The summed E-state index contributed by atoms with van der Waals surface area (Å²) in [5, 5.41) is 0.655. The standard InChI is InChI=1S/C12H13ClN2O2/c1-7(2)10-12(16)17-15-11(14-10)8-3-5-9(13)6-4-8/h3-7,10H,1-2H3,(H,14,15). The molecule has 0 saturated heterocycles. The van der Waals surface area contributed by atoms with E-state index in [1.165, 1.54) is 0 Å². The van der Waals surface area contributed by atoms with Crippen LogP contribution in [0.2, 0.25) is 5.02 Å². The molecule has 1 aromatic rings. The normalized spacial score (nSPS) is 19.6. The Hall–Kier alpha value is -1.55. The molecule has 1 aliphatic rings. The Morgan fingerprint density at radius 2 is 2.00 bits per heavy atom. The summed E-state index contributed by atoms with van der Waals surface area (Å²) < 4.78 is 0. The van der Waals surface area contributed by atoms with Gasteiger partial charge in [-0.25, -0.2) is 15.3 Å². The van der Waals surface area contributed by atoms with Gasteiger partial charge in [0.25, 0.3) is 0 Å². The quantitative estimate of drug-likeness (QED) is 0.878. The van der Waals surface area contributed by atoms with Crippen molar-refractivity contribution in [3.05, 3.63) is 34.9 Å². The fourth-order valence-corrected chi connectivity index (χ4v) is 1.67. The molecule has 1 unspecified atom stereocenters. The number of halogens is 1. The summed E-state index contributed by atoms with van der Waals surface area (Å²) in [6.07, 6.45) is 0. The molecule has 0 saturated carbocycles. The van der Waals surface area contributed by atoms with Crippen molar-refractivity contribution in [3.63, 3.8) is 0 Å². The van der Waals surface area contributed by atoms with Gasteiger partial charge in [-0.1, -0.05) is 25.4 Å². The fraction of sp³-hybridized carbons (Fsp3) is 0.333. The number of amidine groups is 1. The molecule has 1 N–H and O–H groups in total. The molecule has 1 aromatic carbocycles. The van der Waals surface area contributed by atoms with E-state index in [1.807, 2.05) is 26.0 Å². The van der Waals surface area contributed by atoms with E-state index < -0.39 is 6.04 Å². The van der Waals surface area contributed by atoms with Crippen LogP contribution in [-0.2, 0) is 9.63 Å². The number of hydroxylamine groups is 1. The van der Waals surface area contributed by atoms with Crippen molar-refractivity contribution in [3.8, 4) is 0 Å². The van der Waals surface area contributed by atoms with Crippen molar-refractivity contribution in [2.75, 3.05) is 0 Å². The number of benzene rings is 1. The third kappa shape index (κ3) is 2.58. The third-order valence-electron chi connectivity index (χ3n) is 2.51. The van der Waals surface area contributed by atoms with E-state index in [0.717, 1.165) is 5.56 Å². The van der Waals surface area contributed by atoms with Gasteiger partial charge in [0, 0.05) is 10.6 Å². The van der Waals surface area contributed by atoms with Gasteiger partial charge in [0.1, 0.15) is 0 Å². The second-order valence-corrected chi connectivity index (χ2v) is 4.63. The third-order valence-corrected chi connectivity index (χ3v) is 2.76. The summed E-state index contributed by atoms with van der Waals surface area (Å²) in [5.41, 5.74) is 3.39. The zero-order chi connectivity index (χ0) is 12.4. The first-order valence-corrected chi connectivity index (χ1v) is 5.76. The van der Waals surface area contributed by atoms with Gasteiger partial charge in [0.2, 0.25) is 0 Å². The molecule has 2 rings (SSSR count). The topological polar surface area (TPSA) is 50.7 Å². The second-order valence-electron chi connectivity index (χ2n) is 4.20. The van der Waals surface area contributed by atoms with E-state index in [2.05, 4.69) is 10.5 Å². The predicted molar refractivity (Wildman–Crippen MR) is 65.8 cm³/mol. The van der Waals surface area contributed by atoms with E-state index in [-0.39, 0.29) is 11.9 Å². The minimum atomic E-state index is -0.457. The van der Waals surface area contributed by atoms with Gasteiger partial charge in [0.15, 0.2) is 11.9 Å². The van der Waals surface area contributed by atoms with Crippen LogP contribution >= 0.6 is 11.6 Å². The highest BCUT2D eigenvalue weighted by molar-refractivity contribution is 6.30. The first-order chi connectivity index (χ1) is 8.08. The van der Waals surface area contributed by atoms with Crippen LogP contribution in [0.1, 0.15) is 19.4 Å². The van der Waals surface area contributed by atoms with E-state index in [4.69, 9.17) is 16.4 Å². The second kappa shape index (κ2) is 4.75. The largest absolute Gasteiger partial charge is 0.356 e. The first kappa shape index (κ1) is 11.9. The van der Waals surface area contributed by atoms with Crippen LogP contribution in [0.25, 0.3) is 0 Å². The average molecular weight is 253 g/mol. The zero-order valence-corrected chi connectivity index (χ0v) is 10.4. The minimum Gasteiger partial charge on any atom is -0.339 e. The van der Waals surface area contributed by atoms with Crippen LogP contribution < -0.4 is 5.48 Å². The number of hydrogen-bond acceptors (Lipinski definition) is 4. The van der Waals surface area contributed by atoms with Crippen molar-refractivity contribution in [1.82, 2.24) is 5.48 Å². The number of nitrogens with one attached hydrogen (secondary N) is 1. The lowest BCUT2D eigenvalue weighted by molar-refractivity contribution is -0.151. The molecule has 0 spiro atoms. The lowest BCUT2D eigenvalue weighted by Gasteiger charge is -2.22. The van der Waals surface area contributed by atoms with E-state index in [0.29, 0.717) is 10.9 Å². The van der Waals surface area contributed by atoms with Crippen molar-refractivity contribution in [1.29, 1.82) is 0 Å². The molecule has 1 heterocycles. The summed E-state index contributed by atoms with van der Waals surface area (Å²) >= 11 is 5.81. The molecule has 1 aliphatic heterocycles. The van der Waals surface area contributed by atoms with Crippen LogP contribution in [0.4, 0.5) is 0 Å². The van der Waals surface area contributed by atoms with Crippen molar-refractivity contribution >= 4 is 23.4 Å². The Bertz CT molecular complexity index is 454. The van der Waals surface area contributed by atoms with Gasteiger partial charge >= 0.3 is 5.97 Å². The van der Waals surface area contributed by atoms with E-state index in [9.17, 15) is 4.79 Å². The molecule has 0 aromatic heterocycles. The zero-order valence-electron chi connectivity index (χ0n) is 9.61. The maximum atomic E-state index is 11.5. The summed E-state index contributed by atoms with van der Waals surface area (Å²) in [6.45, 7) is 3.86. The number of carbonyl (C=O) groups excluding carboxylic acids is 1. The van der Waals surface area contributed by atoms with E-state index in [1.54, 1.807) is 12.1 Å². The van der Waals surface area contributed by atoms with Crippen LogP contribution in [-0.4, -0.2) is 17.8 Å². The molecular formula is C12H13ClN2O2. The molecule has 0 aliphatic carbocycles. The van der Waals surface area contributed by atoms with Crippen LogP contribution in [0, 0.1) is 5.92 Å². The van der Waals surface area contributed by atoms with Gasteiger partial charge in [-0.05, 0) is 30.2 Å². The smallest absolute Gasteiger partial charge is 0.339 e. The molecule has 90 valence electrons. The number of carbonyl (C=O) groups is 1. The Labute approximate surface area is 105 Å². The molecule has 17 heavy (non-hydrogen) atoms. The molecule has 0 amide bonds. The number of aliphatic imine (C=N–C) groups is 1. The number of hydrogen-bond donors (Lipinski definition) is 1. The van der Waals surface area contributed by atoms with Crippen LogP contribution in [0.3, 0.4) is 0 Å². The predicted octanol–water partition coefficient (Wildman–Crippen LogP) is 2.17. The van der Waals surface area contributed by atoms with Gasteiger partial charge in [-0.3, -0.25) is 0 Å². The molecule has 0 radical (unpaired) electrons. The highest BCUT2D eigenvalue weighted by atomic mass is 35.5. The molecule has 0 bridgehead atoms. The average Bonchev–Trinajstić information content (AvgIpc) is 2.30. The Morgan fingerprint density at radius 1 is 1.35 bits per heavy atom. The first-order valence-electron chi connectivity index (χ1n) is 5.38. The van der Waals surface area contributed by atoms with E-state index >= 15 is 0 Å². The maximum Gasteiger partial charge on any atom is 0.356 e. The molecule has 4 nitrogen and oxygen atoms in total. The maximum absolute atomic E-state index is 11.5.